The lowest BCUT2D eigenvalue weighted by Gasteiger charge is -2.41. The van der Waals surface area contributed by atoms with Crippen LogP contribution in [0.1, 0.15) is 24.8 Å². The molecule has 1 unspecified atom stereocenters. The summed E-state index contributed by atoms with van der Waals surface area (Å²) in [5, 5.41) is 11.4. The molecule has 0 saturated heterocycles. The molecule has 4 rings (SSSR count). The van der Waals surface area contributed by atoms with E-state index in [2.05, 4.69) is 6.58 Å². The van der Waals surface area contributed by atoms with Crippen molar-refractivity contribution in [3.63, 3.8) is 0 Å². The number of ketones is 1. The van der Waals surface area contributed by atoms with Crippen LogP contribution in [0, 0.1) is 5.92 Å². The smallest absolute Gasteiger partial charge is 0.231 e. The molecule has 1 N–H and O–H groups in total. The number of hydrogen-bond donors (Lipinski definition) is 1. The Kier molecular flexibility index (Phi) is 4.72. The van der Waals surface area contributed by atoms with Gasteiger partial charge in [-0.2, -0.15) is 0 Å². The zero-order valence-electron chi connectivity index (χ0n) is 17.1. The summed E-state index contributed by atoms with van der Waals surface area (Å²) in [6.45, 7) is 5.80. The van der Waals surface area contributed by atoms with Gasteiger partial charge in [-0.15, -0.1) is 6.58 Å². The molecule has 0 spiro atoms. The highest BCUT2D eigenvalue weighted by Gasteiger charge is 2.72. The van der Waals surface area contributed by atoms with E-state index in [0.29, 0.717) is 29.2 Å². The van der Waals surface area contributed by atoms with Crippen LogP contribution in [0.3, 0.4) is 0 Å². The predicted molar refractivity (Wildman–Crippen MR) is 104 cm³/mol. The molecule has 0 amide bonds. The minimum absolute atomic E-state index is 0.0966. The first-order valence-electron chi connectivity index (χ1n) is 9.54. The summed E-state index contributed by atoms with van der Waals surface area (Å²) in [5.41, 5.74) is -1.30. The summed E-state index contributed by atoms with van der Waals surface area (Å²) in [4.78, 5) is 13.6. The van der Waals surface area contributed by atoms with Gasteiger partial charge in [0.2, 0.25) is 12.5 Å². The van der Waals surface area contributed by atoms with Gasteiger partial charge >= 0.3 is 0 Å². The number of rotatable bonds is 6. The third kappa shape index (κ3) is 2.38. The second-order valence-electron chi connectivity index (χ2n) is 7.67. The molecule has 0 aromatic heterocycles. The molecule has 0 radical (unpaired) electrons. The van der Waals surface area contributed by atoms with Gasteiger partial charge < -0.3 is 28.8 Å². The summed E-state index contributed by atoms with van der Waals surface area (Å²) >= 11 is 0. The molecule has 156 valence electrons. The maximum Gasteiger partial charge on any atom is 0.231 e. The van der Waals surface area contributed by atoms with Crippen LogP contribution >= 0.6 is 0 Å². The molecule has 1 aromatic rings. The van der Waals surface area contributed by atoms with Gasteiger partial charge in [0, 0.05) is 31.6 Å². The molecule has 1 heterocycles. The summed E-state index contributed by atoms with van der Waals surface area (Å²) in [5.74, 6) is 0.520. The van der Waals surface area contributed by atoms with E-state index in [0.717, 1.165) is 5.56 Å². The van der Waals surface area contributed by atoms with Crippen LogP contribution in [0.25, 0.3) is 0 Å². The van der Waals surface area contributed by atoms with Crippen LogP contribution in [0.4, 0.5) is 0 Å². The van der Waals surface area contributed by atoms with E-state index in [9.17, 15) is 9.90 Å². The minimum Gasteiger partial charge on any atom is -0.493 e. The van der Waals surface area contributed by atoms with Crippen molar-refractivity contribution in [2.24, 2.45) is 5.92 Å². The standard InChI is InChI=1S/C22H26O7/c1-6-7-13-10-21(26-4)12(2)17(22(27-5,19(13)23)20(21)24)14-8-15(25-3)18-16(9-14)28-11-29-18/h6,8-10,12,17,20,24H,1,7,11H2,2-5H3/t12-,17+,20?,21+,22+/m1/s1. The van der Waals surface area contributed by atoms with Crippen molar-refractivity contribution in [2.45, 2.75) is 36.6 Å². The number of carbonyl (C=O) groups excluding carboxylic acids is 1. The van der Waals surface area contributed by atoms with Crippen molar-refractivity contribution in [1.82, 2.24) is 0 Å². The van der Waals surface area contributed by atoms with Gasteiger partial charge in [0.15, 0.2) is 22.9 Å². The monoisotopic (exact) mass is 402 g/mol. The molecule has 2 aliphatic carbocycles. The highest BCUT2D eigenvalue weighted by Crippen LogP contribution is 2.61. The highest BCUT2D eigenvalue weighted by atomic mass is 16.7. The number of benzene rings is 1. The van der Waals surface area contributed by atoms with E-state index < -0.39 is 23.2 Å². The quantitative estimate of drug-likeness (QED) is 0.732. The van der Waals surface area contributed by atoms with E-state index >= 15 is 0 Å². The Labute approximate surface area is 169 Å². The lowest BCUT2D eigenvalue weighted by molar-refractivity contribution is -0.169. The molecule has 7 heteroatoms. The van der Waals surface area contributed by atoms with E-state index in [1.165, 1.54) is 7.11 Å². The predicted octanol–water partition coefficient (Wildman–Crippen LogP) is 2.37. The molecule has 5 atom stereocenters. The SMILES string of the molecule is C=CCC1=C[C@@]2(OC)C(O)[C@@](OC)(C1=O)[C@H](c1cc(OC)c3c(c1)OCO3)[C@H]2C. The number of carbonyl (C=O) groups is 1. The van der Waals surface area contributed by atoms with Gasteiger partial charge in [-0.3, -0.25) is 4.79 Å². The van der Waals surface area contributed by atoms with E-state index in [-0.39, 0.29) is 18.5 Å². The van der Waals surface area contributed by atoms with Gasteiger partial charge in [-0.25, -0.2) is 0 Å². The van der Waals surface area contributed by atoms with Gasteiger partial charge in [0.05, 0.1) is 7.11 Å². The lowest BCUT2D eigenvalue weighted by atomic mass is 9.74. The highest BCUT2D eigenvalue weighted by molar-refractivity contribution is 6.06. The van der Waals surface area contributed by atoms with Gasteiger partial charge in [0.25, 0.3) is 0 Å². The molecule has 2 bridgehead atoms. The number of fused-ring (bicyclic) bond motifs is 3. The maximum atomic E-state index is 13.6. The summed E-state index contributed by atoms with van der Waals surface area (Å²) < 4.78 is 28.3. The van der Waals surface area contributed by atoms with Crippen LogP contribution in [0.2, 0.25) is 0 Å². The zero-order valence-corrected chi connectivity index (χ0v) is 17.1. The molecule has 1 saturated carbocycles. The maximum absolute atomic E-state index is 13.6. The number of Topliss-reactive ketones (excluding diaryl/α,β-unsaturated/α-hetero) is 1. The Morgan fingerprint density at radius 2 is 2.03 bits per heavy atom. The molecule has 1 aromatic carbocycles. The fraction of sp³-hybridized carbons (Fsp3) is 0.500. The molecular weight excluding hydrogens is 376 g/mol. The average Bonchev–Trinajstić information content (AvgIpc) is 3.25. The number of ether oxygens (including phenoxy) is 5. The molecule has 7 nitrogen and oxygen atoms in total. The normalized spacial score (nSPS) is 34.9. The summed E-state index contributed by atoms with van der Waals surface area (Å²) in [6.07, 6.45) is 2.60. The third-order valence-corrected chi connectivity index (χ3v) is 6.65. The lowest BCUT2D eigenvalue weighted by Crippen LogP contribution is -2.60. The Morgan fingerprint density at radius 1 is 1.28 bits per heavy atom. The molecular formula is C22H26O7. The summed E-state index contributed by atoms with van der Waals surface area (Å²) in [6, 6.07) is 3.64. The number of aliphatic hydroxyl groups is 1. The van der Waals surface area contributed by atoms with Crippen molar-refractivity contribution in [2.75, 3.05) is 28.1 Å². The molecule has 1 fully saturated rings. The third-order valence-electron chi connectivity index (χ3n) is 6.65. The average molecular weight is 402 g/mol. The van der Waals surface area contributed by atoms with Crippen LogP contribution < -0.4 is 14.2 Å². The van der Waals surface area contributed by atoms with Gasteiger partial charge in [-0.05, 0) is 30.2 Å². The van der Waals surface area contributed by atoms with Crippen LogP contribution in [-0.4, -0.2) is 56.3 Å². The number of hydrogen-bond acceptors (Lipinski definition) is 7. The number of aliphatic hydroxyl groups excluding tert-OH is 1. The Bertz CT molecular complexity index is 891. The minimum atomic E-state index is -1.50. The first-order valence-corrected chi connectivity index (χ1v) is 9.54. The van der Waals surface area contributed by atoms with Crippen molar-refractivity contribution >= 4 is 5.78 Å². The topological polar surface area (TPSA) is 83.5 Å². The summed E-state index contributed by atoms with van der Waals surface area (Å²) in [7, 11) is 4.54. The van der Waals surface area contributed by atoms with Crippen LogP contribution in [-0.2, 0) is 14.3 Å². The Morgan fingerprint density at radius 3 is 2.66 bits per heavy atom. The largest absolute Gasteiger partial charge is 0.493 e. The first kappa shape index (κ1) is 19.9. The Hall–Kier alpha value is -2.35. The first-order chi connectivity index (χ1) is 13.9. The second-order valence-corrected chi connectivity index (χ2v) is 7.67. The second kappa shape index (κ2) is 6.86. The molecule has 1 aliphatic heterocycles. The zero-order chi connectivity index (χ0) is 21.0. The van der Waals surface area contributed by atoms with E-state index in [1.807, 2.05) is 19.1 Å². The van der Waals surface area contributed by atoms with Crippen molar-refractivity contribution in [3.05, 3.63) is 42.0 Å². The van der Waals surface area contributed by atoms with E-state index in [1.54, 1.807) is 26.4 Å². The van der Waals surface area contributed by atoms with Crippen molar-refractivity contribution in [3.8, 4) is 17.2 Å². The van der Waals surface area contributed by atoms with Crippen molar-refractivity contribution in [1.29, 1.82) is 0 Å². The van der Waals surface area contributed by atoms with Crippen LogP contribution in [0.15, 0.2) is 36.4 Å². The number of methoxy groups -OCH3 is 3. The van der Waals surface area contributed by atoms with E-state index in [4.69, 9.17) is 23.7 Å². The fourth-order valence-electron chi connectivity index (χ4n) is 5.31. The van der Waals surface area contributed by atoms with Crippen molar-refractivity contribution < 1.29 is 33.6 Å². The fourth-order valence-corrected chi connectivity index (χ4v) is 5.31. The van der Waals surface area contributed by atoms with Crippen LogP contribution in [0.5, 0.6) is 17.2 Å². The van der Waals surface area contributed by atoms with Gasteiger partial charge in [-0.1, -0.05) is 13.0 Å². The van der Waals surface area contributed by atoms with Gasteiger partial charge in [0.1, 0.15) is 11.7 Å². The molecule has 29 heavy (non-hydrogen) atoms. The number of allylic oxidation sites excluding steroid dienone is 1. The molecule has 3 aliphatic rings. The Balaban J connectivity index is 1.94.